The van der Waals surface area contributed by atoms with Gasteiger partial charge in [0.1, 0.15) is 11.5 Å². The molecule has 0 spiro atoms. The van der Waals surface area contributed by atoms with Gasteiger partial charge in [-0.3, -0.25) is 0 Å². The van der Waals surface area contributed by atoms with Crippen molar-refractivity contribution in [3.05, 3.63) is 77.5 Å². The zero-order valence-corrected chi connectivity index (χ0v) is 12.9. The number of allylic oxidation sites excluding steroid dienone is 2. The summed E-state index contributed by atoms with van der Waals surface area (Å²) in [6, 6.07) is 12.7. The minimum atomic E-state index is -0.0160. The molecule has 2 heterocycles. The Hall–Kier alpha value is -2.22. The number of rotatable bonds is 2. The lowest BCUT2D eigenvalue weighted by molar-refractivity contribution is 0.307. The Balaban J connectivity index is 2.14. The molecule has 1 aromatic carbocycles. The lowest BCUT2D eigenvalue weighted by Gasteiger charge is -2.13. The summed E-state index contributed by atoms with van der Waals surface area (Å²) in [4.78, 5) is 3.30. The fraction of sp³-hybridized carbons (Fsp3) is 0.263. The Morgan fingerprint density at radius 3 is 2.43 bits per heavy atom. The van der Waals surface area contributed by atoms with Crippen molar-refractivity contribution in [2.75, 3.05) is 0 Å². The molecule has 0 bridgehead atoms. The summed E-state index contributed by atoms with van der Waals surface area (Å²) < 4.78 is 6.01. The third-order valence-electron chi connectivity index (χ3n) is 4.09. The Bertz CT molecular complexity index is 688. The summed E-state index contributed by atoms with van der Waals surface area (Å²) in [5.41, 5.74) is 4.62. The molecule has 0 radical (unpaired) electrons. The number of H-pyrrole nitrogens is 1. The van der Waals surface area contributed by atoms with E-state index in [-0.39, 0.29) is 5.41 Å². The first-order valence-electron chi connectivity index (χ1n) is 7.28. The van der Waals surface area contributed by atoms with Gasteiger partial charge in [0, 0.05) is 29.3 Å². The van der Waals surface area contributed by atoms with Gasteiger partial charge >= 0.3 is 0 Å². The molecule has 108 valence electrons. The van der Waals surface area contributed by atoms with E-state index in [4.69, 9.17) is 4.74 Å². The molecule has 1 aliphatic rings. The minimum absolute atomic E-state index is 0.0160. The van der Waals surface area contributed by atoms with Gasteiger partial charge in [0.2, 0.25) is 0 Å². The van der Waals surface area contributed by atoms with E-state index in [0.717, 1.165) is 29.2 Å². The lowest BCUT2D eigenvalue weighted by atomic mass is 9.87. The maximum absolute atomic E-state index is 6.01. The van der Waals surface area contributed by atoms with Crippen LogP contribution >= 0.6 is 0 Å². The molecule has 0 aliphatic carbocycles. The third kappa shape index (κ3) is 2.54. The molecule has 0 atom stereocenters. The topological polar surface area (TPSA) is 25.0 Å². The van der Waals surface area contributed by atoms with Gasteiger partial charge in [-0.25, -0.2) is 0 Å². The number of hydrogen-bond acceptors (Lipinski definition) is 1. The molecule has 0 saturated carbocycles. The predicted octanol–water partition coefficient (Wildman–Crippen LogP) is 5.04. The molecule has 1 fully saturated rings. The van der Waals surface area contributed by atoms with E-state index in [1.807, 2.05) is 12.3 Å². The van der Waals surface area contributed by atoms with E-state index in [1.54, 1.807) is 0 Å². The van der Waals surface area contributed by atoms with Gasteiger partial charge in [0.25, 0.3) is 0 Å². The van der Waals surface area contributed by atoms with Crippen molar-refractivity contribution in [2.45, 2.75) is 27.2 Å². The monoisotopic (exact) mass is 279 g/mol. The van der Waals surface area contributed by atoms with Crippen LogP contribution in [0.4, 0.5) is 0 Å². The molecule has 21 heavy (non-hydrogen) atoms. The highest BCUT2D eigenvalue weighted by molar-refractivity contribution is 5.80. The van der Waals surface area contributed by atoms with Gasteiger partial charge in [-0.05, 0) is 24.6 Å². The molecule has 0 amide bonds. The smallest absolute Gasteiger partial charge is 0.114 e. The van der Waals surface area contributed by atoms with Crippen LogP contribution in [0.3, 0.4) is 0 Å². The summed E-state index contributed by atoms with van der Waals surface area (Å²) in [5, 5.41) is 0. The maximum Gasteiger partial charge on any atom is 0.114 e. The second-order valence-electron chi connectivity index (χ2n) is 6.33. The molecule has 2 nitrogen and oxygen atoms in total. The Morgan fingerprint density at radius 1 is 1.19 bits per heavy atom. The molecule has 3 rings (SSSR count). The van der Waals surface area contributed by atoms with Gasteiger partial charge in [0.15, 0.2) is 0 Å². The van der Waals surface area contributed by atoms with Crippen LogP contribution < -0.4 is 0 Å². The number of ether oxygens (including phenoxy) is 1. The largest absolute Gasteiger partial charge is 0.465 e. The first-order valence-corrected chi connectivity index (χ1v) is 7.28. The fourth-order valence-electron chi connectivity index (χ4n) is 2.64. The Labute approximate surface area is 126 Å². The van der Waals surface area contributed by atoms with E-state index >= 15 is 0 Å². The second kappa shape index (κ2) is 4.96. The number of aromatic nitrogens is 1. The highest BCUT2D eigenvalue weighted by Gasteiger charge is 2.35. The first-order chi connectivity index (χ1) is 9.97. The van der Waals surface area contributed by atoms with Crippen LogP contribution in [-0.4, -0.2) is 4.98 Å². The highest BCUT2D eigenvalue weighted by atomic mass is 16.5. The molecule has 1 aromatic heterocycles. The van der Waals surface area contributed by atoms with E-state index in [1.165, 1.54) is 11.1 Å². The van der Waals surface area contributed by atoms with Crippen LogP contribution in [0.1, 0.15) is 37.1 Å². The second-order valence-corrected chi connectivity index (χ2v) is 6.33. The highest BCUT2D eigenvalue weighted by Crippen LogP contribution is 2.45. The number of nitrogens with one attached hydrogen (secondary N) is 1. The molecule has 1 saturated heterocycles. The Morgan fingerprint density at radius 2 is 1.90 bits per heavy atom. The predicted molar refractivity (Wildman–Crippen MR) is 86.6 cm³/mol. The fourth-order valence-corrected chi connectivity index (χ4v) is 2.64. The quantitative estimate of drug-likeness (QED) is 0.818. The summed E-state index contributed by atoms with van der Waals surface area (Å²) in [6.07, 6.45) is 2.81. The molecule has 0 unspecified atom stereocenters. The SMILES string of the molecule is C=C1O/C(=C(\c2ccc(C)cc2)c2ccc[nH]2)CC1(C)C. The minimum Gasteiger partial charge on any atom is -0.465 e. The standard InChI is InChI=1S/C19H21NO/c1-13-7-9-15(10-8-13)18(16-6-5-11-20-16)17-12-19(3,4)14(2)21-17/h5-11,20H,2,12H2,1,3-4H3/b18-17+. The van der Waals surface area contributed by atoms with Crippen LogP contribution in [0.25, 0.3) is 5.57 Å². The summed E-state index contributed by atoms with van der Waals surface area (Å²) >= 11 is 0. The first kappa shape index (κ1) is 13.7. The van der Waals surface area contributed by atoms with Crippen LogP contribution in [0, 0.1) is 12.3 Å². The summed E-state index contributed by atoms with van der Waals surface area (Å²) in [5.74, 6) is 1.84. The lowest BCUT2D eigenvalue weighted by Crippen LogP contribution is -2.06. The average molecular weight is 279 g/mol. The summed E-state index contributed by atoms with van der Waals surface area (Å²) in [6.45, 7) is 10.5. The van der Waals surface area contributed by atoms with Crippen LogP contribution in [0.15, 0.2) is 60.7 Å². The van der Waals surface area contributed by atoms with Gasteiger partial charge in [0.05, 0.1) is 0 Å². The van der Waals surface area contributed by atoms with E-state index in [2.05, 4.69) is 62.7 Å². The zero-order chi connectivity index (χ0) is 15.0. The molecule has 1 N–H and O–H groups in total. The number of benzene rings is 1. The van der Waals surface area contributed by atoms with Crippen molar-refractivity contribution in [1.82, 2.24) is 4.98 Å². The van der Waals surface area contributed by atoms with Crippen molar-refractivity contribution < 1.29 is 4.74 Å². The molecule has 1 aliphatic heterocycles. The van der Waals surface area contributed by atoms with E-state index in [9.17, 15) is 0 Å². The molecule has 2 heteroatoms. The maximum atomic E-state index is 6.01. The van der Waals surface area contributed by atoms with Crippen molar-refractivity contribution >= 4 is 5.57 Å². The normalized spacial score (nSPS) is 19.5. The van der Waals surface area contributed by atoms with E-state index < -0.39 is 0 Å². The number of aromatic amines is 1. The molecular formula is C19H21NO. The average Bonchev–Trinajstić information content (AvgIpc) is 3.02. The number of aryl methyl sites for hydroxylation is 1. The zero-order valence-electron chi connectivity index (χ0n) is 12.9. The van der Waals surface area contributed by atoms with Crippen molar-refractivity contribution in [2.24, 2.45) is 5.41 Å². The van der Waals surface area contributed by atoms with Crippen molar-refractivity contribution in [3.63, 3.8) is 0 Å². The van der Waals surface area contributed by atoms with Crippen molar-refractivity contribution in [3.8, 4) is 0 Å². The van der Waals surface area contributed by atoms with Crippen LogP contribution in [0.5, 0.6) is 0 Å². The van der Waals surface area contributed by atoms with Crippen LogP contribution in [0.2, 0.25) is 0 Å². The van der Waals surface area contributed by atoms with Crippen molar-refractivity contribution in [1.29, 1.82) is 0 Å². The number of hydrogen-bond donors (Lipinski definition) is 1. The van der Waals surface area contributed by atoms with E-state index in [0.29, 0.717) is 0 Å². The van der Waals surface area contributed by atoms with Gasteiger partial charge < -0.3 is 9.72 Å². The summed E-state index contributed by atoms with van der Waals surface area (Å²) in [7, 11) is 0. The third-order valence-corrected chi connectivity index (χ3v) is 4.09. The Kier molecular flexibility index (Phi) is 3.25. The van der Waals surface area contributed by atoms with Gasteiger partial charge in [-0.1, -0.05) is 50.3 Å². The molecular weight excluding hydrogens is 258 g/mol. The molecule has 2 aromatic rings. The van der Waals surface area contributed by atoms with Gasteiger partial charge in [-0.15, -0.1) is 0 Å². The van der Waals surface area contributed by atoms with Crippen LogP contribution in [-0.2, 0) is 4.74 Å². The van der Waals surface area contributed by atoms with Gasteiger partial charge in [-0.2, -0.15) is 0 Å².